The van der Waals surface area contributed by atoms with E-state index in [-0.39, 0.29) is 11.6 Å². The van der Waals surface area contributed by atoms with Gasteiger partial charge < -0.3 is 10.4 Å². The van der Waals surface area contributed by atoms with Gasteiger partial charge >= 0.3 is 0 Å². The highest BCUT2D eigenvalue weighted by Gasteiger charge is 2.04. The molecule has 0 bridgehead atoms. The summed E-state index contributed by atoms with van der Waals surface area (Å²) < 4.78 is 13.2. The average Bonchev–Trinajstić information content (AvgIpc) is 2.48. The Morgan fingerprint density at radius 2 is 2.05 bits per heavy atom. The maximum absolute atomic E-state index is 13.2. The molecule has 3 nitrogen and oxygen atoms in total. The van der Waals surface area contributed by atoms with Crippen LogP contribution in [0.3, 0.4) is 0 Å². The number of benzene rings is 2. The van der Waals surface area contributed by atoms with Crippen LogP contribution in [-0.2, 0) is 6.54 Å². The first-order chi connectivity index (χ1) is 9.74. The maximum Gasteiger partial charge on any atom is 0.123 e. The standard InChI is InChI=1S/C16H13FN2O/c17-13-4-5-16(20)12(8-13)9-19-15-3-1-2-11-6-7-18-10-14(11)15/h1-8,10,19-20H,9H2. The summed E-state index contributed by atoms with van der Waals surface area (Å²) in [5, 5.41) is 15.0. The first kappa shape index (κ1) is 12.4. The summed E-state index contributed by atoms with van der Waals surface area (Å²) in [5.74, 6) is -0.281. The first-order valence-corrected chi connectivity index (χ1v) is 6.28. The Morgan fingerprint density at radius 1 is 1.15 bits per heavy atom. The van der Waals surface area contributed by atoms with Crippen molar-refractivity contribution >= 4 is 16.5 Å². The van der Waals surface area contributed by atoms with Crippen molar-refractivity contribution in [1.29, 1.82) is 0 Å². The number of aromatic hydroxyl groups is 1. The highest BCUT2D eigenvalue weighted by molar-refractivity contribution is 5.93. The molecular formula is C16H13FN2O. The molecule has 0 unspecified atom stereocenters. The molecule has 100 valence electrons. The number of nitrogens with zero attached hydrogens (tertiary/aromatic N) is 1. The van der Waals surface area contributed by atoms with E-state index in [2.05, 4.69) is 10.3 Å². The van der Waals surface area contributed by atoms with E-state index in [1.165, 1.54) is 18.2 Å². The zero-order valence-electron chi connectivity index (χ0n) is 10.7. The maximum atomic E-state index is 13.2. The quantitative estimate of drug-likeness (QED) is 0.761. The number of phenols is 1. The number of rotatable bonds is 3. The molecule has 0 spiro atoms. The number of phenolic OH excluding ortho intramolecular Hbond substituents is 1. The lowest BCUT2D eigenvalue weighted by molar-refractivity contribution is 0.466. The minimum Gasteiger partial charge on any atom is -0.508 e. The number of pyridine rings is 1. The molecule has 3 rings (SSSR count). The van der Waals surface area contributed by atoms with Crippen LogP contribution < -0.4 is 5.32 Å². The number of hydrogen-bond acceptors (Lipinski definition) is 3. The van der Waals surface area contributed by atoms with Crippen molar-refractivity contribution in [2.75, 3.05) is 5.32 Å². The van der Waals surface area contributed by atoms with E-state index in [0.717, 1.165) is 16.5 Å². The Kier molecular flexibility index (Phi) is 3.21. The Labute approximate surface area is 115 Å². The summed E-state index contributed by atoms with van der Waals surface area (Å²) in [5.41, 5.74) is 1.42. The normalized spacial score (nSPS) is 10.7. The van der Waals surface area contributed by atoms with Gasteiger partial charge in [0, 0.05) is 35.6 Å². The van der Waals surface area contributed by atoms with Crippen LogP contribution in [0.15, 0.2) is 54.9 Å². The van der Waals surface area contributed by atoms with Gasteiger partial charge in [0.15, 0.2) is 0 Å². The number of hydrogen-bond donors (Lipinski definition) is 2. The van der Waals surface area contributed by atoms with Gasteiger partial charge in [-0.05, 0) is 35.7 Å². The van der Waals surface area contributed by atoms with Gasteiger partial charge in [-0.25, -0.2) is 4.39 Å². The van der Waals surface area contributed by atoms with Crippen LogP contribution in [0.2, 0.25) is 0 Å². The fourth-order valence-corrected chi connectivity index (χ4v) is 2.15. The fraction of sp³-hybridized carbons (Fsp3) is 0.0625. The highest BCUT2D eigenvalue weighted by atomic mass is 19.1. The van der Waals surface area contributed by atoms with Crippen molar-refractivity contribution in [2.24, 2.45) is 0 Å². The zero-order valence-corrected chi connectivity index (χ0v) is 10.7. The van der Waals surface area contributed by atoms with Crippen molar-refractivity contribution in [3.8, 4) is 5.75 Å². The molecule has 0 aliphatic heterocycles. The Balaban J connectivity index is 1.89. The van der Waals surface area contributed by atoms with Crippen LogP contribution in [0.5, 0.6) is 5.75 Å². The topological polar surface area (TPSA) is 45.1 Å². The third kappa shape index (κ3) is 2.40. The Bertz CT molecular complexity index is 753. The molecule has 0 atom stereocenters. The van der Waals surface area contributed by atoms with Crippen LogP contribution in [0.4, 0.5) is 10.1 Å². The molecule has 0 aliphatic carbocycles. The zero-order chi connectivity index (χ0) is 13.9. The van der Waals surface area contributed by atoms with Gasteiger partial charge in [-0.3, -0.25) is 4.98 Å². The molecule has 1 aromatic heterocycles. The largest absolute Gasteiger partial charge is 0.508 e. The van der Waals surface area contributed by atoms with Gasteiger partial charge in [-0.15, -0.1) is 0 Å². The minimum absolute atomic E-state index is 0.0808. The molecule has 1 heterocycles. The van der Waals surface area contributed by atoms with E-state index in [1.807, 2.05) is 24.3 Å². The van der Waals surface area contributed by atoms with Crippen LogP contribution >= 0.6 is 0 Å². The van der Waals surface area contributed by atoms with Gasteiger partial charge in [0.1, 0.15) is 11.6 Å². The molecular weight excluding hydrogens is 255 g/mol. The lowest BCUT2D eigenvalue weighted by Crippen LogP contribution is -2.01. The molecule has 0 saturated carbocycles. The molecule has 0 aliphatic rings. The lowest BCUT2D eigenvalue weighted by atomic mass is 10.1. The molecule has 0 saturated heterocycles. The van der Waals surface area contributed by atoms with Crippen molar-refractivity contribution in [1.82, 2.24) is 4.98 Å². The molecule has 20 heavy (non-hydrogen) atoms. The summed E-state index contributed by atoms with van der Waals surface area (Å²) in [4.78, 5) is 4.11. The van der Waals surface area contributed by atoms with Crippen molar-refractivity contribution in [2.45, 2.75) is 6.54 Å². The SMILES string of the molecule is Oc1ccc(F)cc1CNc1cccc2ccncc12. The monoisotopic (exact) mass is 268 g/mol. The van der Waals surface area contributed by atoms with Crippen LogP contribution in [0.25, 0.3) is 10.8 Å². The molecule has 0 amide bonds. The fourth-order valence-electron chi connectivity index (χ4n) is 2.15. The smallest absolute Gasteiger partial charge is 0.123 e. The number of anilines is 1. The summed E-state index contributed by atoms with van der Waals surface area (Å²) in [6.45, 7) is 0.345. The summed E-state index contributed by atoms with van der Waals surface area (Å²) in [6, 6.07) is 11.7. The van der Waals surface area contributed by atoms with Gasteiger partial charge in [-0.2, -0.15) is 0 Å². The lowest BCUT2D eigenvalue weighted by Gasteiger charge is -2.10. The van der Waals surface area contributed by atoms with Crippen LogP contribution in [-0.4, -0.2) is 10.1 Å². The van der Waals surface area contributed by atoms with Crippen LogP contribution in [0, 0.1) is 5.82 Å². The highest BCUT2D eigenvalue weighted by Crippen LogP contribution is 2.24. The molecule has 2 aromatic carbocycles. The molecule has 0 radical (unpaired) electrons. The van der Waals surface area contributed by atoms with Crippen molar-refractivity contribution < 1.29 is 9.50 Å². The second kappa shape index (κ2) is 5.17. The molecule has 4 heteroatoms. The van der Waals surface area contributed by atoms with E-state index >= 15 is 0 Å². The molecule has 2 N–H and O–H groups in total. The Hall–Kier alpha value is -2.62. The minimum atomic E-state index is -0.362. The van der Waals surface area contributed by atoms with E-state index in [4.69, 9.17) is 0 Å². The Morgan fingerprint density at radius 3 is 2.95 bits per heavy atom. The summed E-state index contributed by atoms with van der Waals surface area (Å²) in [7, 11) is 0. The van der Waals surface area contributed by atoms with E-state index < -0.39 is 0 Å². The van der Waals surface area contributed by atoms with Crippen molar-refractivity contribution in [3.63, 3.8) is 0 Å². The summed E-state index contributed by atoms with van der Waals surface area (Å²) in [6.07, 6.45) is 3.52. The van der Waals surface area contributed by atoms with Gasteiger partial charge in [0.2, 0.25) is 0 Å². The second-order valence-corrected chi connectivity index (χ2v) is 4.53. The number of fused-ring (bicyclic) bond motifs is 1. The second-order valence-electron chi connectivity index (χ2n) is 4.53. The van der Waals surface area contributed by atoms with Gasteiger partial charge in [-0.1, -0.05) is 12.1 Å². The predicted octanol–water partition coefficient (Wildman–Crippen LogP) is 3.69. The van der Waals surface area contributed by atoms with Gasteiger partial charge in [0.25, 0.3) is 0 Å². The summed E-state index contributed by atoms with van der Waals surface area (Å²) >= 11 is 0. The van der Waals surface area contributed by atoms with Gasteiger partial charge in [0.05, 0.1) is 0 Å². The number of halogens is 1. The molecule has 3 aromatic rings. The van der Waals surface area contributed by atoms with E-state index in [9.17, 15) is 9.50 Å². The average molecular weight is 268 g/mol. The number of aromatic nitrogens is 1. The van der Waals surface area contributed by atoms with Crippen molar-refractivity contribution in [3.05, 3.63) is 66.2 Å². The third-order valence-electron chi connectivity index (χ3n) is 3.19. The third-order valence-corrected chi connectivity index (χ3v) is 3.19. The first-order valence-electron chi connectivity index (χ1n) is 6.28. The molecule has 0 fully saturated rings. The number of nitrogens with one attached hydrogen (secondary N) is 1. The predicted molar refractivity (Wildman–Crippen MR) is 77.1 cm³/mol. The van der Waals surface area contributed by atoms with E-state index in [0.29, 0.717) is 12.1 Å². The van der Waals surface area contributed by atoms with E-state index in [1.54, 1.807) is 12.4 Å². The van der Waals surface area contributed by atoms with Crippen LogP contribution in [0.1, 0.15) is 5.56 Å².